The van der Waals surface area contributed by atoms with Crippen molar-refractivity contribution in [1.29, 1.82) is 0 Å². The van der Waals surface area contributed by atoms with Gasteiger partial charge in [-0.3, -0.25) is 0 Å². The lowest BCUT2D eigenvalue weighted by Gasteiger charge is -2.31. The van der Waals surface area contributed by atoms with Crippen molar-refractivity contribution in [2.75, 3.05) is 6.67 Å². The van der Waals surface area contributed by atoms with Gasteiger partial charge in [0.15, 0.2) is 0 Å². The summed E-state index contributed by atoms with van der Waals surface area (Å²) in [6.45, 7) is 0.354. The van der Waals surface area contributed by atoms with Gasteiger partial charge in [-0.05, 0) is 37.1 Å². The maximum Gasteiger partial charge on any atom is 0.424 e. The van der Waals surface area contributed by atoms with Gasteiger partial charge in [0.1, 0.15) is 6.67 Å². The standard InChI is InChI=1S/C12H12F4O3/c1-6-3-8(10(17)18)4-7(2)9(6)11(19,5-13)12(14,15)16/h3-4,19H,5H2,1-2H3,(H,17,18). The van der Waals surface area contributed by atoms with Crippen LogP contribution in [-0.2, 0) is 5.60 Å². The Bertz CT molecular complexity index is 487. The van der Waals surface area contributed by atoms with E-state index in [0.29, 0.717) is 0 Å². The number of carboxylic acid groups (broad SMARTS) is 1. The van der Waals surface area contributed by atoms with Crippen molar-refractivity contribution in [2.24, 2.45) is 0 Å². The number of aliphatic hydroxyl groups is 1. The van der Waals surface area contributed by atoms with E-state index in [0.717, 1.165) is 12.1 Å². The van der Waals surface area contributed by atoms with Crippen LogP contribution in [0.15, 0.2) is 12.1 Å². The van der Waals surface area contributed by atoms with Gasteiger partial charge in [-0.1, -0.05) is 0 Å². The molecule has 0 aliphatic heterocycles. The summed E-state index contributed by atoms with van der Waals surface area (Å²) >= 11 is 0. The molecule has 106 valence electrons. The van der Waals surface area contributed by atoms with Gasteiger partial charge in [0, 0.05) is 5.56 Å². The second kappa shape index (κ2) is 4.80. The predicted molar refractivity (Wildman–Crippen MR) is 58.8 cm³/mol. The quantitative estimate of drug-likeness (QED) is 0.837. The first-order valence-corrected chi connectivity index (χ1v) is 5.24. The zero-order chi connectivity index (χ0) is 15.0. The van der Waals surface area contributed by atoms with Crippen molar-refractivity contribution in [2.45, 2.75) is 25.6 Å². The molecule has 0 spiro atoms. The summed E-state index contributed by atoms with van der Waals surface area (Å²) in [6, 6.07) is 1.94. The maximum absolute atomic E-state index is 12.8. The first kappa shape index (κ1) is 15.4. The third-order valence-electron chi connectivity index (χ3n) is 2.86. The van der Waals surface area contributed by atoms with Crippen molar-refractivity contribution in [3.05, 3.63) is 34.4 Å². The fourth-order valence-electron chi connectivity index (χ4n) is 2.02. The maximum atomic E-state index is 12.8. The zero-order valence-corrected chi connectivity index (χ0v) is 10.2. The van der Waals surface area contributed by atoms with Gasteiger partial charge >= 0.3 is 12.1 Å². The molecule has 0 saturated heterocycles. The van der Waals surface area contributed by atoms with Crippen LogP contribution in [0.25, 0.3) is 0 Å². The number of alkyl halides is 4. The highest BCUT2D eigenvalue weighted by Crippen LogP contribution is 2.42. The molecule has 0 saturated carbocycles. The van der Waals surface area contributed by atoms with Crippen molar-refractivity contribution in [3.63, 3.8) is 0 Å². The SMILES string of the molecule is Cc1cc(C(=O)O)cc(C)c1C(O)(CF)C(F)(F)F. The van der Waals surface area contributed by atoms with E-state index >= 15 is 0 Å². The average molecular weight is 280 g/mol. The summed E-state index contributed by atoms with van der Waals surface area (Å²) in [5.41, 5.74) is -4.75. The molecule has 0 fully saturated rings. The van der Waals surface area contributed by atoms with E-state index in [2.05, 4.69) is 0 Å². The number of halogens is 4. The number of hydrogen-bond acceptors (Lipinski definition) is 2. The van der Waals surface area contributed by atoms with Crippen LogP contribution < -0.4 is 0 Å². The van der Waals surface area contributed by atoms with Crippen molar-refractivity contribution < 1.29 is 32.6 Å². The van der Waals surface area contributed by atoms with Gasteiger partial charge in [0.05, 0.1) is 5.56 Å². The largest absolute Gasteiger partial charge is 0.478 e. The molecule has 0 aliphatic rings. The van der Waals surface area contributed by atoms with Crippen LogP contribution in [0, 0.1) is 13.8 Å². The molecule has 2 N–H and O–H groups in total. The molecule has 1 rings (SSSR count). The highest BCUT2D eigenvalue weighted by molar-refractivity contribution is 5.88. The number of hydrogen-bond donors (Lipinski definition) is 2. The number of aryl methyl sites for hydroxylation is 2. The highest BCUT2D eigenvalue weighted by Gasteiger charge is 2.56. The third kappa shape index (κ3) is 2.56. The van der Waals surface area contributed by atoms with Crippen molar-refractivity contribution in [3.8, 4) is 0 Å². The summed E-state index contributed by atoms with van der Waals surface area (Å²) in [7, 11) is 0. The Morgan fingerprint density at radius 2 is 1.63 bits per heavy atom. The fraction of sp³-hybridized carbons (Fsp3) is 0.417. The average Bonchev–Trinajstić information content (AvgIpc) is 2.25. The third-order valence-corrected chi connectivity index (χ3v) is 2.86. The number of aromatic carboxylic acids is 1. The minimum atomic E-state index is -5.19. The minimum absolute atomic E-state index is 0.130. The van der Waals surface area contributed by atoms with Crippen LogP contribution in [0.2, 0.25) is 0 Å². The summed E-state index contributed by atoms with van der Waals surface area (Å²) in [4.78, 5) is 10.8. The molecule has 19 heavy (non-hydrogen) atoms. The number of benzene rings is 1. The molecule has 0 amide bonds. The predicted octanol–water partition coefficient (Wildman–Crippen LogP) is 2.72. The van der Waals surface area contributed by atoms with E-state index in [-0.39, 0.29) is 16.7 Å². The van der Waals surface area contributed by atoms with E-state index < -0.39 is 30.0 Å². The summed E-state index contributed by atoms with van der Waals surface area (Å²) < 4.78 is 51.2. The van der Waals surface area contributed by atoms with Crippen LogP contribution in [0.4, 0.5) is 17.6 Å². The van der Waals surface area contributed by atoms with Gasteiger partial charge < -0.3 is 10.2 Å². The van der Waals surface area contributed by atoms with Crippen LogP contribution >= 0.6 is 0 Å². The molecular formula is C12H12F4O3. The van der Waals surface area contributed by atoms with Crippen LogP contribution in [0.1, 0.15) is 27.0 Å². The van der Waals surface area contributed by atoms with Crippen molar-refractivity contribution in [1.82, 2.24) is 0 Å². The summed E-state index contributed by atoms with van der Waals surface area (Å²) in [5.74, 6) is -1.31. The topological polar surface area (TPSA) is 57.5 Å². The molecular weight excluding hydrogens is 268 g/mol. The molecule has 3 nitrogen and oxygen atoms in total. The molecule has 0 bridgehead atoms. The Kier molecular flexibility index (Phi) is 3.90. The second-order valence-corrected chi connectivity index (χ2v) is 4.28. The van der Waals surface area contributed by atoms with Crippen LogP contribution in [0.5, 0.6) is 0 Å². The van der Waals surface area contributed by atoms with E-state index in [1.54, 1.807) is 0 Å². The minimum Gasteiger partial charge on any atom is -0.478 e. The Labute approximate surface area is 106 Å². The molecule has 7 heteroatoms. The normalized spacial score (nSPS) is 15.1. The van der Waals surface area contributed by atoms with E-state index in [1.807, 2.05) is 0 Å². The van der Waals surface area contributed by atoms with Gasteiger partial charge in [-0.15, -0.1) is 0 Å². The molecule has 1 aromatic rings. The van der Waals surface area contributed by atoms with E-state index in [1.165, 1.54) is 13.8 Å². The van der Waals surface area contributed by atoms with Gasteiger partial charge in [0.25, 0.3) is 0 Å². The molecule has 1 unspecified atom stereocenters. The lowest BCUT2D eigenvalue weighted by Crippen LogP contribution is -2.45. The van der Waals surface area contributed by atoms with Crippen LogP contribution in [0.3, 0.4) is 0 Å². The Morgan fingerprint density at radius 1 is 1.21 bits per heavy atom. The monoisotopic (exact) mass is 280 g/mol. The Balaban J connectivity index is 3.55. The van der Waals surface area contributed by atoms with E-state index in [4.69, 9.17) is 5.11 Å². The Morgan fingerprint density at radius 3 is 1.89 bits per heavy atom. The number of rotatable bonds is 3. The lowest BCUT2D eigenvalue weighted by atomic mass is 9.86. The zero-order valence-electron chi connectivity index (χ0n) is 10.2. The van der Waals surface area contributed by atoms with Crippen molar-refractivity contribution >= 4 is 5.97 Å². The molecule has 0 aromatic heterocycles. The number of carboxylic acids is 1. The molecule has 1 aromatic carbocycles. The van der Waals surface area contributed by atoms with Gasteiger partial charge in [-0.25, -0.2) is 9.18 Å². The smallest absolute Gasteiger partial charge is 0.424 e. The van der Waals surface area contributed by atoms with Gasteiger partial charge in [0.2, 0.25) is 5.60 Å². The highest BCUT2D eigenvalue weighted by atomic mass is 19.4. The second-order valence-electron chi connectivity index (χ2n) is 4.28. The Hall–Kier alpha value is -1.63. The number of carbonyl (C=O) groups is 1. The van der Waals surface area contributed by atoms with Crippen LogP contribution in [-0.4, -0.2) is 29.0 Å². The summed E-state index contributed by atoms with van der Waals surface area (Å²) in [6.07, 6.45) is -5.19. The molecule has 0 aliphatic carbocycles. The molecule has 1 atom stereocenters. The van der Waals surface area contributed by atoms with Gasteiger partial charge in [-0.2, -0.15) is 13.2 Å². The van der Waals surface area contributed by atoms with E-state index in [9.17, 15) is 27.5 Å². The summed E-state index contributed by atoms with van der Waals surface area (Å²) in [5, 5.41) is 18.4. The fourth-order valence-corrected chi connectivity index (χ4v) is 2.02. The first-order valence-electron chi connectivity index (χ1n) is 5.24. The lowest BCUT2D eigenvalue weighted by molar-refractivity contribution is -0.271. The molecule has 0 heterocycles. The molecule has 0 radical (unpaired) electrons. The first-order chi connectivity index (χ1) is 8.54.